The normalized spacial score (nSPS) is 12.2. The lowest BCUT2D eigenvalue weighted by molar-refractivity contribution is 0.409. The van der Waals surface area contributed by atoms with Crippen LogP contribution >= 0.6 is 11.6 Å². The molecule has 0 aliphatic heterocycles. The maximum Gasteiger partial charge on any atom is 0.141 e. The Labute approximate surface area is 84.0 Å². The first-order valence-electron chi connectivity index (χ1n) is 4.15. The highest BCUT2D eigenvalue weighted by molar-refractivity contribution is 6.32. The quantitative estimate of drug-likeness (QED) is 0.671. The summed E-state index contributed by atoms with van der Waals surface area (Å²) in [6.07, 6.45) is 1.87. The Kier molecular flexibility index (Phi) is 3.38. The molecule has 0 bridgehead atoms. The second-order valence-corrected chi connectivity index (χ2v) is 3.29. The summed E-state index contributed by atoms with van der Waals surface area (Å²) in [5, 5.41) is 0.647. The molecule has 70 valence electrons. The van der Waals surface area contributed by atoms with Gasteiger partial charge in [0.1, 0.15) is 5.75 Å². The van der Waals surface area contributed by atoms with E-state index in [9.17, 15) is 0 Å². The molecule has 0 aliphatic rings. The third kappa shape index (κ3) is 2.04. The van der Waals surface area contributed by atoms with E-state index in [2.05, 4.69) is 13.5 Å². The van der Waals surface area contributed by atoms with Gasteiger partial charge in [-0.25, -0.2) is 0 Å². The zero-order valence-corrected chi connectivity index (χ0v) is 8.64. The summed E-state index contributed by atoms with van der Waals surface area (Å²) in [6.45, 7) is 5.80. The minimum atomic E-state index is 0.258. The van der Waals surface area contributed by atoms with Crippen LogP contribution < -0.4 is 4.74 Å². The van der Waals surface area contributed by atoms with E-state index in [1.165, 1.54) is 0 Å². The summed E-state index contributed by atoms with van der Waals surface area (Å²) >= 11 is 5.97. The fraction of sp³-hybridized carbons (Fsp3) is 0.273. The second kappa shape index (κ2) is 4.33. The Morgan fingerprint density at radius 2 is 2.23 bits per heavy atom. The van der Waals surface area contributed by atoms with E-state index >= 15 is 0 Å². The molecule has 1 nitrogen and oxygen atoms in total. The highest BCUT2D eigenvalue weighted by Gasteiger charge is 2.10. The van der Waals surface area contributed by atoms with Crippen molar-refractivity contribution in [3.63, 3.8) is 0 Å². The SMILES string of the molecule is C=CC(C)c1cccc(Cl)c1OC. The Morgan fingerprint density at radius 1 is 1.54 bits per heavy atom. The number of allylic oxidation sites excluding steroid dienone is 1. The van der Waals surface area contributed by atoms with Crippen LogP contribution in [-0.4, -0.2) is 7.11 Å². The molecule has 0 N–H and O–H groups in total. The molecule has 0 aromatic heterocycles. The maximum atomic E-state index is 5.97. The minimum Gasteiger partial charge on any atom is -0.495 e. The molecule has 1 aromatic rings. The van der Waals surface area contributed by atoms with Crippen LogP contribution in [0.15, 0.2) is 30.9 Å². The molecule has 0 aliphatic carbocycles. The van der Waals surface area contributed by atoms with Gasteiger partial charge in [0.15, 0.2) is 0 Å². The van der Waals surface area contributed by atoms with Crippen LogP contribution in [0.5, 0.6) is 5.75 Å². The molecule has 0 spiro atoms. The summed E-state index contributed by atoms with van der Waals surface area (Å²) in [7, 11) is 1.63. The summed E-state index contributed by atoms with van der Waals surface area (Å²) in [6, 6.07) is 5.73. The fourth-order valence-corrected chi connectivity index (χ4v) is 1.49. The number of para-hydroxylation sites is 1. The molecule has 0 amide bonds. The zero-order chi connectivity index (χ0) is 9.84. The predicted molar refractivity (Wildman–Crippen MR) is 56.6 cm³/mol. The largest absolute Gasteiger partial charge is 0.495 e. The lowest BCUT2D eigenvalue weighted by Crippen LogP contribution is -1.95. The molecule has 13 heavy (non-hydrogen) atoms. The van der Waals surface area contributed by atoms with Crippen LogP contribution in [0, 0.1) is 0 Å². The van der Waals surface area contributed by atoms with Gasteiger partial charge in [-0.05, 0) is 6.07 Å². The smallest absolute Gasteiger partial charge is 0.141 e. The number of ether oxygens (including phenoxy) is 1. The second-order valence-electron chi connectivity index (χ2n) is 2.89. The summed E-state index contributed by atoms with van der Waals surface area (Å²) < 4.78 is 5.22. The third-order valence-electron chi connectivity index (χ3n) is 2.05. The van der Waals surface area contributed by atoms with Crippen molar-refractivity contribution in [2.75, 3.05) is 7.11 Å². The lowest BCUT2D eigenvalue weighted by atomic mass is 10.0. The van der Waals surface area contributed by atoms with Gasteiger partial charge < -0.3 is 4.74 Å². The van der Waals surface area contributed by atoms with Crippen LogP contribution in [-0.2, 0) is 0 Å². The van der Waals surface area contributed by atoms with Gasteiger partial charge in [-0.3, -0.25) is 0 Å². The Hall–Kier alpha value is -0.950. The van der Waals surface area contributed by atoms with Crippen molar-refractivity contribution in [3.8, 4) is 5.75 Å². The first kappa shape index (κ1) is 10.1. The van der Waals surface area contributed by atoms with Gasteiger partial charge in [0.2, 0.25) is 0 Å². The Balaban J connectivity index is 3.19. The highest BCUT2D eigenvalue weighted by Crippen LogP contribution is 2.33. The van der Waals surface area contributed by atoms with Crippen LogP contribution in [0.4, 0.5) is 0 Å². The van der Waals surface area contributed by atoms with Crippen LogP contribution in [0.1, 0.15) is 18.4 Å². The molecule has 0 radical (unpaired) electrons. The molecule has 1 aromatic carbocycles. The maximum absolute atomic E-state index is 5.97. The van der Waals surface area contributed by atoms with Crippen molar-refractivity contribution in [1.82, 2.24) is 0 Å². The standard InChI is InChI=1S/C11H13ClO/c1-4-8(2)9-6-5-7-10(12)11(9)13-3/h4-8H,1H2,2-3H3. The highest BCUT2D eigenvalue weighted by atomic mass is 35.5. The minimum absolute atomic E-state index is 0.258. The van der Waals surface area contributed by atoms with Gasteiger partial charge in [-0.15, -0.1) is 6.58 Å². The van der Waals surface area contributed by atoms with Gasteiger partial charge in [-0.1, -0.05) is 36.7 Å². The number of rotatable bonds is 3. The molecule has 0 saturated heterocycles. The third-order valence-corrected chi connectivity index (χ3v) is 2.34. The van der Waals surface area contributed by atoms with Crippen molar-refractivity contribution in [2.45, 2.75) is 12.8 Å². The number of methoxy groups -OCH3 is 1. The molecule has 1 atom stereocenters. The molecule has 0 saturated carbocycles. The van der Waals surface area contributed by atoms with E-state index in [0.717, 1.165) is 11.3 Å². The van der Waals surface area contributed by atoms with E-state index in [1.807, 2.05) is 24.3 Å². The molecular weight excluding hydrogens is 184 g/mol. The monoisotopic (exact) mass is 196 g/mol. The van der Waals surface area contributed by atoms with E-state index < -0.39 is 0 Å². The van der Waals surface area contributed by atoms with Gasteiger partial charge in [0.25, 0.3) is 0 Å². The van der Waals surface area contributed by atoms with Gasteiger partial charge >= 0.3 is 0 Å². The van der Waals surface area contributed by atoms with E-state index in [0.29, 0.717) is 5.02 Å². The number of benzene rings is 1. The summed E-state index contributed by atoms with van der Waals surface area (Å²) in [5.41, 5.74) is 1.07. The number of hydrogen-bond acceptors (Lipinski definition) is 1. The van der Waals surface area contributed by atoms with Gasteiger partial charge in [0, 0.05) is 11.5 Å². The average Bonchev–Trinajstić information content (AvgIpc) is 2.16. The van der Waals surface area contributed by atoms with Crippen molar-refractivity contribution in [3.05, 3.63) is 41.4 Å². The van der Waals surface area contributed by atoms with Crippen molar-refractivity contribution < 1.29 is 4.74 Å². The number of halogens is 1. The zero-order valence-electron chi connectivity index (χ0n) is 7.88. The van der Waals surface area contributed by atoms with Crippen LogP contribution in [0.2, 0.25) is 5.02 Å². The molecule has 2 heteroatoms. The molecular formula is C11H13ClO. The Morgan fingerprint density at radius 3 is 2.77 bits per heavy atom. The van der Waals surface area contributed by atoms with Crippen molar-refractivity contribution in [1.29, 1.82) is 0 Å². The van der Waals surface area contributed by atoms with Crippen molar-refractivity contribution in [2.24, 2.45) is 0 Å². The predicted octanol–water partition coefficient (Wildman–Crippen LogP) is 3.64. The number of hydrogen-bond donors (Lipinski definition) is 0. The van der Waals surface area contributed by atoms with Crippen LogP contribution in [0.3, 0.4) is 0 Å². The molecule has 1 rings (SSSR count). The molecule has 1 unspecified atom stereocenters. The first-order valence-corrected chi connectivity index (χ1v) is 4.53. The van der Waals surface area contributed by atoms with Gasteiger partial charge in [-0.2, -0.15) is 0 Å². The summed E-state index contributed by atoms with van der Waals surface area (Å²) in [5.74, 6) is 1.00. The van der Waals surface area contributed by atoms with Gasteiger partial charge in [0.05, 0.1) is 12.1 Å². The van der Waals surface area contributed by atoms with Crippen molar-refractivity contribution >= 4 is 11.6 Å². The molecule has 0 heterocycles. The Bertz CT molecular complexity index is 307. The topological polar surface area (TPSA) is 9.23 Å². The van der Waals surface area contributed by atoms with E-state index in [1.54, 1.807) is 7.11 Å². The lowest BCUT2D eigenvalue weighted by Gasteiger charge is -2.12. The average molecular weight is 197 g/mol. The van der Waals surface area contributed by atoms with Crippen LogP contribution in [0.25, 0.3) is 0 Å². The first-order chi connectivity index (χ1) is 6.20. The van der Waals surface area contributed by atoms with E-state index in [4.69, 9.17) is 16.3 Å². The molecule has 0 fully saturated rings. The summed E-state index contributed by atoms with van der Waals surface area (Å²) in [4.78, 5) is 0. The fourth-order valence-electron chi connectivity index (χ4n) is 1.23. The van der Waals surface area contributed by atoms with E-state index in [-0.39, 0.29) is 5.92 Å².